The minimum Gasteiger partial charge on any atom is -0.388 e. The lowest BCUT2D eigenvalue weighted by molar-refractivity contribution is -0.126. The van der Waals surface area contributed by atoms with Crippen molar-refractivity contribution >= 4 is 0 Å². The molecule has 3 fully saturated rings. The van der Waals surface area contributed by atoms with E-state index < -0.39 is 11.0 Å². The van der Waals surface area contributed by atoms with Crippen LogP contribution in [-0.2, 0) is 9.47 Å². The monoisotopic (exact) mass is 251 g/mol. The number of methoxy groups -OCH3 is 1. The van der Waals surface area contributed by atoms with Crippen molar-refractivity contribution in [2.24, 2.45) is 5.41 Å². The molecule has 2 bridgehead atoms. The van der Waals surface area contributed by atoms with E-state index in [1.54, 1.807) is 7.11 Å². The first kappa shape index (κ1) is 12.4. The molecule has 1 saturated carbocycles. The minimum atomic E-state index is -0.878. The van der Waals surface area contributed by atoms with E-state index >= 15 is 0 Å². The van der Waals surface area contributed by atoms with Crippen LogP contribution in [0.1, 0.15) is 44.9 Å². The van der Waals surface area contributed by atoms with Crippen LogP contribution in [-0.4, -0.2) is 36.1 Å². The number of hydrogen-bond donors (Lipinski definition) is 1. The predicted octanol–water partition coefficient (Wildman–Crippen LogP) is 1.77. The van der Waals surface area contributed by atoms with Crippen molar-refractivity contribution < 1.29 is 14.6 Å². The second-order valence-electron chi connectivity index (χ2n) is 6.08. The first-order valence-electron chi connectivity index (χ1n) is 6.95. The second-order valence-corrected chi connectivity index (χ2v) is 6.08. The first-order chi connectivity index (χ1) is 8.63. The molecule has 4 nitrogen and oxygen atoms in total. The van der Waals surface area contributed by atoms with Gasteiger partial charge in [-0.1, -0.05) is 0 Å². The molecule has 0 spiro atoms. The molecule has 2 aliphatic heterocycles. The standard InChI is InChI=1S/C14H21NO3/c1-17-10-4-6-14(16,7-5-10)13(9-15)8-11-2-3-12(13)18-11/h10-12,16H,2-8H2,1H3. The summed E-state index contributed by atoms with van der Waals surface area (Å²) in [4.78, 5) is 0. The number of nitrogens with zero attached hydrogens (tertiary/aromatic N) is 1. The number of aliphatic hydroxyl groups is 1. The van der Waals surface area contributed by atoms with Crippen LogP contribution in [0, 0.1) is 16.7 Å². The Hall–Kier alpha value is -0.630. The summed E-state index contributed by atoms with van der Waals surface area (Å²) in [6.45, 7) is 0. The summed E-state index contributed by atoms with van der Waals surface area (Å²) in [5, 5.41) is 20.7. The van der Waals surface area contributed by atoms with Gasteiger partial charge in [0.25, 0.3) is 0 Å². The lowest BCUT2D eigenvalue weighted by Crippen LogP contribution is -2.55. The normalized spacial score (nSPS) is 51.3. The van der Waals surface area contributed by atoms with Crippen molar-refractivity contribution in [3.8, 4) is 6.07 Å². The van der Waals surface area contributed by atoms with Gasteiger partial charge in [-0.15, -0.1) is 0 Å². The Morgan fingerprint density at radius 2 is 2.00 bits per heavy atom. The zero-order valence-electron chi connectivity index (χ0n) is 10.9. The average Bonchev–Trinajstić information content (AvgIpc) is 3.00. The molecule has 2 saturated heterocycles. The Morgan fingerprint density at radius 1 is 1.28 bits per heavy atom. The molecule has 2 heterocycles. The Balaban J connectivity index is 1.83. The summed E-state index contributed by atoms with van der Waals surface area (Å²) in [5.74, 6) is 0. The number of hydrogen-bond acceptors (Lipinski definition) is 4. The number of ether oxygens (including phenoxy) is 2. The van der Waals surface area contributed by atoms with E-state index in [1.807, 2.05) is 0 Å². The Labute approximate surface area is 108 Å². The van der Waals surface area contributed by atoms with E-state index in [4.69, 9.17) is 9.47 Å². The Kier molecular flexibility index (Phi) is 2.89. The maximum absolute atomic E-state index is 11.0. The van der Waals surface area contributed by atoms with Gasteiger partial charge in [0.2, 0.25) is 0 Å². The van der Waals surface area contributed by atoms with E-state index in [0.717, 1.165) is 25.7 Å². The van der Waals surface area contributed by atoms with Crippen LogP contribution in [0.25, 0.3) is 0 Å². The molecule has 18 heavy (non-hydrogen) atoms. The molecule has 4 heteroatoms. The van der Waals surface area contributed by atoms with E-state index in [0.29, 0.717) is 19.3 Å². The Morgan fingerprint density at radius 3 is 2.44 bits per heavy atom. The van der Waals surface area contributed by atoms with Gasteiger partial charge in [0.1, 0.15) is 5.41 Å². The van der Waals surface area contributed by atoms with Crippen LogP contribution in [0.4, 0.5) is 0 Å². The molecule has 0 aromatic carbocycles. The second kappa shape index (κ2) is 4.19. The third-order valence-electron chi connectivity index (χ3n) is 5.33. The van der Waals surface area contributed by atoms with Crippen LogP contribution in [0.2, 0.25) is 0 Å². The fourth-order valence-electron chi connectivity index (χ4n) is 4.17. The zero-order chi connectivity index (χ0) is 12.8. The summed E-state index contributed by atoms with van der Waals surface area (Å²) in [6.07, 6.45) is 6.05. The van der Waals surface area contributed by atoms with Crippen LogP contribution >= 0.6 is 0 Å². The lowest BCUT2D eigenvalue weighted by atomic mass is 9.59. The highest BCUT2D eigenvalue weighted by Crippen LogP contribution is 2.57. The van der Waals surface area contributed by atoms with Crippen molar-refractivity contribution in [1.82, 2.24) is 0 Å². The summed E-state index contributed by atoms with van der Waals surface area (Å²) in [6, 6.07) is 2.44. The van der Waals surface area contributed by atoms with E-state index in [9.17, 15) is 10.4 Å². The molecule has 1 N–H and O–H groups in total. The third-order valence-corrected chi connectivity index (χ3v) is 5.33. The van der Waals surface area contributed by atoms with Gasteiger partial charge < -0.3 is 14.6 Å². The molecule has 3 aliphatic rings. The maximum atomic E-state index is 11.0. The molecule has 3 atom stereocenters. The average molecular weight is 251 g/mol. The predicted molar refractivity (Wildman–Crippen MR) is 64.8 cm³/mol. The van der Waals surface area contributed by atoms with Gasteiger partial charge in [-0.25, -0.2) is 0 Å². The molecule has 0 aromatic heterocycles. The van der Waals surface area contributed by atoms with Crippen molar-refractivity contribution in [2.75, 3.05) is 7.11 Å². The van der Waals surface area contributed by atoms with Crippen molar-refractivity contribution in [1.29, 1.82) is 5.26 Å². The summed E-state index contributed by atoms with van der Waals surface area (Å²) in [7, 11) is 1.72. The minimum absolute atomic E-state index is 0.0587. The highest BCUT2D eigenvalue weighted by Gasteiger charge is 2.63. The fourth-order valence-corrected chi connectivity index (χ4v) is 4.17. The molecule has 0 radical (unpaired) electrons. The summed E-state index contributed by atoms with van der Waals surface area (Å²) in [5.41, 5.74) is -1.55. The van der Waals surface area contributed by atoms with Gasteiger partial charge in [-0.3, -0.25) is 0 Å². The van der Waals surface area contributed by atoms with Crippen LogP contribution < -0.4 is 0 Å². The molecule has 3 unspecified atom stereocenters. The SMILES string of the molecule is COC1CCC(O)(C2(C#N)CC3CCC2O3)CC1. The topological polar surface area (TPSA) is 62.5 Å². The van der Waals surface area contributed by atoms with Gasteiger partial charge in [0.15, 0.2) is 0 Å². The van der Waals surface area contributed by atoms with E-state index in [1.165, 1.54) is 0 Å². The lowest BCUT2D eigenvalue weighted by Gasteiger charge is -2.47. The molecule has 0 aromatic rings. The van der Waals surface area contributed by atoms with Crippen LogP contribution in [0.3, 0.4) is 0 Å². The zero-order valence-corrected chi connectivity index (χ0v) is 10.9. The van der Waals surface area contributed by atoms with Crippen molar-refractivity contribution in [2.45, 2.75) is 68.9 Å². The molecular formula is C14H21NO3. The Bertz CT molecular complexity index is 370. The third kappa shape index (κ3) is 1.54. The van der Waals surface area contributed by atoms with Gasteiger partial charge in [0.05, 0.1) is 30.0 Å². The fraction of sp³-hybridized carbons (Fsp3) is 0.929. The van der Waals surface area contributed by atoms with Crippen LogP contribution in [0.15, 0.2) is 0 Å². The highest BCUT2D eigenvalue weighted by molar-refractivity contribution is 5.21. The number of rotatable bonds is 2. The first-order valence-corrected chi connectivity index (χ1v) is 6.95. The van der Waals surface area contributed by atoms with E-state index in [2.05, 4.69) is 6.07 Å². The smallest absolute Gasteiger partial charge is 0.114 e. The quantitative estimate of drug-likeness (QED) is 0.812. The maximum Gasteiger partial charge on any atom is 0.114 e. The van der Waals surface area contributed by atoms with Gasteiger partial charge in [-0.05, 0) is 44.9 Å². The van der Waals surface area contributed by atoms with Crippen molar-refractivity contribution in [3.05, 3.63) is 0 Å². The molecule has 3 rings (SSSR count). The van der Waals surface area contributed by atoms with E-state index in [-0.39, 0.29) is 18.3 Å². The molecule has 100 valence electrons. The summed E-state index contributed by atoms with van der Waals surface area (Å²) >= 11 is 0. The molecular weight excluding hydrogens is 230 g/mol. The molecule has 1 aliphatic carbocycles. The highest BCUT2D eigenvalue weighted by atomic mass is 16.5. The molecule has 0 amide bonds. The largest absolute Gasteiger partial charge is 0.388 e. The summed E-state index contributed by atoms with van der Waals surface area (Å²) < 4.78 is 11.2. The van der Waals surface area contributed by atoms with Gasteiger partial charge in [0, 0.05) is 7.11 Å². The number of nitriles is 1. The van der Waals surface area contributed by atoms with Crippen LogP contribution in [0.5, 0.6) is 0 Å². The van der Waals surface area contributed by atoms with Gasteiger partial charge >= 0.3 is 0 Å². The number of fused-ring (bicyclic) bond motifs is 2. The van der Waals surface area contributed by atoms with Gasteiger partial charge in [-0.2, -0.15) is 5.26 Å². The van der Waals surface area contributed by atoms with Crippen molar-refractivity contribution in [3.63, 3.8) is 0 Å².